The van der Waals surface area contributed by atoms with Crippen LogP contribution in [-0.2, 0) is 4.74 Å². The lowest BCUT2D eigenvalue weighted by molar-refractivity contribution is -0.118. The molecule has 1 fully saturated rings. The standard InChI is InChI=1S/C10H21NO.C2H6/c1-8(2)11-7-10(4,5)12-6-9(11)3;1-2/h8-9H,6-7H2,1-5H3;1-2H3. The third-order valence-electron chi connectivity index (χ3n) is 2.51. The van der Waals surface area contributed by atoms with Crippen LogP contribution in [0.1, 0.15) is 48.5 Å². The maximum absolute atomic E-state index is 5.72. The second-order valence-corrected chi connectivity index (χ2v) is 4.69. The van der Waals surface area contributed by atoms with Crippen molar-refractivity contribution in [3.8, 4) is 0 Å². The van der Waals surface area contributed by atoms with Crippen LogP contribution in [0.4, 0.5) is 0 Å². The smallest absolute Gasteiger partial charge is 0.0753 e. The summed E-state index contributed by atoms with van der Waals surface area (Å²) in [5, 5.41) is 0. The minimum absolute atomic E-state index is 0.0385. The van der Waals surface area contributed by atoms with Gasteiger partial charge in [0.15, 0.2) is 0 Å². The van der Waals surface area contributed by atoms with E-state index >= 15 is 0 Å². The molecule has 1 aliphatic rings. The topological polar surface area (TPSA) is 12.5 Å². The van der Waals surface area contributed by atoms with Gasteiger partial charge in [-0.1, -0.05) is 13.8 Å². The van der Waals surface area contributed by atoms with Crippen molar-refractivity contribution in [1.82, 2.24) is 4.90 Å². The zero-order chi connectivity index (χ0) is 11.4. The van der Waals surface area contributed by atoms with E-state index in [0.717, 1.165) is 13.2 Å². The van der Waals surface area contributed by atoms with Crippen molar-refractivity contribution < 1.29 is 4.74 Å². The maximum atomic E-state index is 5.72. The van der Waals surface area contributed by atoms with Crippen LogP contribution in [-0.4, -0.2) is 35.7 Å². The van der Waals surface area contributed by atoms with Crippen LogP contribution < -0.4 is 0 Å². The normalized spacial score (nSPS) is 27.0. The summed E-state index contributed by atoms with van der Waals surface area (Å²) in [4.78, 5) is 2.50. The molecule has 0 aromatic heterocycles. The van der Waals surface area contributed by atoms with Gasteiger partial charge in [-0.05, 0) is 34.6 Å². The first kappa shape index (κ1) is 13.9. The van der Waals surface area contributed by atoms with E-state index in [4.69, 9.17) is 4.74 Å². The van der Waals surface area contributed by atoms with Crippen LogP contribution in [0.15, 0.2) is 0 Å². The lowest BCUT2D eigenvalue weighted by atomic mass is 10.0. The fourth-order valence-corrected chi connectivity index (χ4v) is 1.77. The largest absolute Gasteiger partial charge is 0.373 e. The summed E-state index contributed by atoms with van der Waals surface area (Å²) in [7, 11) is 0. The number of morpholine rings is 1. The maximum Gasteiger partial charge on any atom is 0.0753 e. The first-order valence-electron chi connectivity index (χ1n) is 5.82. The molecule has 0 aliphatic carbocycles. The van der Waals surface area contributed by atoms with E-state index in [1.54, 1.807) is 0 Å². The van der Waals surface area contributed by atoms with Crippen LogP contribution in [0.25, 0.3) is 0 Å². The highest BCUT2D eigenvalue weighted by Crippen LogP contribution is 2.21. The molecule has 0 N–H and O–H groups in total. The summed E-state index contributed by atoms with van der Waals surface area (Å²) in [5.41, 5.74) is 0.0385. The first-order chi connectivity index (χ1) is 6.42. The monoisotopic (exact) mass is 201 g/mol. The highest BCUT2D eigenvalue weighted by molar-refractivity contribution is 4.84. The first-order valence-corrected chi connectivity index (χ1v) is 5.82. The van der Waals surface area contributed by atoms with Crippen LogP contribution in [0, 0.1) is 0 Å². The number of nitrogens with zero attached hydrogens (tertiary/aromatic N) is 1. The molecule has 2 heteroatoms. The van der Waals surface area contributed by atoms with Crippen LogP contribution in [0.3, 0.4) is 0 Å². The molecule has 0 aromatic carbocycles. The van der Waals surface area contributed by atoms with Gasteiger partial charge in [-0.3, -0.25) is 4.90 Å². The molecule has 0 radical (unpaired) electrons. The summed E-state index contributed by atoms with van der Waals surface area (Å²) in [6, 6.07) is 1.20. The molecule has 0 amide bonds. The van der Waals surface area contributed by atoms with Crippen molar-refractivity contribution in [1.29, 1.82) is 0 Å². The van der Waals surface area contributed by atoms with Gasteiger partial charge < -0.3 is 4.74 Å². The lowest BCUT2D eigenvalue weighted by Crippen LogP contribution is -2.55. The van der Waals surface area contributed by atoms with Crippen molar-refractivity contribution >= 4 is 0 Å². The predicted octanol–water partition coefficient (Wildman–Crippen LogP) is 2.92. The van der Waals surface area contributed by atoms with Crippen molar-refractivity contribution in [3.63, 3.8) is 0 Å². The molecule has 86 valence electrons. The van der Waals surface area contributed by atoms with Gasteiger partial charge >= 0.3 is 0 Å². The third-order valence-corrected chi connectivity index (χ3v) is 2.51. The zero-order valence-corrected chi connectivity index (χ0v) is 10.9. The van der Waals surface area contributed by atoms with Gasteiger partial charge in [0.05, 0.1) is 12.2 Å². The Hall–Kier alpha value is -0.0800. The number of hydrogen-bond donors (Lipinski definition) is 0. The molecule has 0 bridgehead atoms. The minimum atomic E-state index is 0.0385. The number of rotatable bonds is 1. The summed E-state index contributed by atoms with van der Waals surface area (Å²) in [5.74, 6) is 0. The van der Waals surface area contributed by atoms with E-state index in [9.17, 15) is 0 Å². The van der Waals surface area contributed by atoms with Crippen LogP contribution >= 0.6 is 0 Å². The number of ether oxygens (including phenoxy) is 1. The molecule has 0 aromatic rings. The average Bonchev–Trinajstić information content (AvgIpc) is 2.12. The molecule has 1 aliphatic heterocycles. The van der Waals surface area contributed by atoms with Gasteiger partial charge in [0.25, 0.3) is 0 Å². The molecule has 2 nitrogen and oxygen atoms in total. The van der Waals surface area contributed by atoms with E-state index in [-0.39, 0.29) is 5.60 Å². The van der Waals surface area contributed by atoms with Crippen molar-refractivity contribution in [2.24, 2.45) is 0 Å². The van der Waals surface area contributed by atoms with Gasteiger partial charge in [0.1, 0.15) is 0 Å². The fraction of sp³-hybridized carbons (Fsp3) is 1.00. The van der Waals surface area contributed by atoms with E-state index in [1.165, 1.54) is 0 Å². The molecule has 1 rings (SSSR count). The van der Waals surface area contributed by atoms with E-state index in [0.29, 0.717) is 12.1 Å². The van der Waals surface area contributed by atoms with Crippen molar-refractivity contribution in [2.45, 2.75) is 66.2 Å². The Kier molecular flexibility index (Phi) is 5.68. The Morgan fingerprint density at radius 3 is 2.14 bits per heavy atom. The van der Waals surface area contributed by atoms with Crippen molar-refractivity contribution in [2.75, 3.05) is 13.2 Å². The third kappa shape index (κ3) is 3.97. The average molecular weight is 201 g/mol. The van der Waals surface area contributed by atoms with Gasteiger partial charge in [-0.15, -0.1) is 0 Å². The Labute approximate surface area is 89.6 Å². The van der Waals surface area contributed by atoms with Gasteiger partial charge in [0.2, 0.25) is 0 Å². The van der Waals surface area contributed by atoms with Gasteiger partial charge in [-0.25, -0.2) is 0 Å². The summed E-state index contributed by atoms with van der Waals surface area (Å²) < 4.78 is 5.72. The van der Waals surface area contributed by atoms with Gasteiger partial charge in [0, 0.05) is 18.6 Å². The van der Waals surface area contributed by atoms with Gasteiger partial charge in [-0.2, -0.15) is 0 Å². The molecular weight excluding hydrogens is 174 g/mol. The molecule has 1 heterocycles. The minimum Gasteiger partial charge on any atom is -0.373 e. The molecular formula is C12H27NO. The van der Waals surface area contributed by atoms with Crippen LogP contribution in [0.5, 0.6) is 0 Å². The Balaban J connectivity index is 0.000000791. The number of hydrogen-bond acceptors (Lipinski definition) is 2. The Morgan fingerprint density at radius 2 is 1.79 bits per heavy atom. The highest BCUT2D eigenvalue weighted by Gasteiger charge is 2.32. The molecule has 1 atom stereocenters. The predicted molar refractivity (Wildman–Crippen MR) is 62.7 cm³/mol. The molecule has 0 spiro atoms. The quantitative estimate of drug-likeness (QED) is 0.647. The van der Waals surface area contributed by atoms with E-state index in [1.807, 2.05) is 13.8 Å². The van der Waals surface area contributed by atoms with Crippen LogP contribution in [0.2, 0.25) is 0 Å². The van der Waals surface area contributed by atoms with Crippen molar-refractivity contribution in [3.05, 3.63) is 0 Å². The molecule has 14 heavy (non-hydrogen) atoms. The highest BCUT2D eigenvalue weighted by atomic mass is 16.5. The SMILES string of the molecule is CC.CC(C)N1CC(C)(C)OCC1C. The summed E-state index contributed by atoms with van der Waals surface area (Å²) in [6.07, 6.45) is 0. The van der Waals surface area contributed by atoms with E-state index < -0.39 is 0 Å². The molecule has 1 saturated heterocycles. The molecule has 0 saturated carbocycles. The molecule has 1 unspecified atom stereocenters. The fourth-order valence-electron chi connectivity index (χ4n) is 1.77. The zero-order valence-electron chi connectivity index (χ0n) is 10.9. The Morgan fingerprint density at radius 1 is 1.29 bits per heavy atom. The second-order valence-electron chi connectivity index (χ2n) is 4.69. The lowest BCUT2D eigenvalue weighted by Gasteiger charge is -2.44. The Bertz CT molecular complexity index is 154. The second kappa shape index (κ2) is 5.72. The summed E-state index contributed by atoms with van der Waals surface area (Å²) >= 11 is 0. The summed E-state index contributed by atoms with van der Waals surface area (Å²) in [6.45, 7) is 17.0. The van der Waals surface area contributed by atoms with E-state index in [2.05, 4.69) is 39.5 Å².